The van der Waals surface area contributed by atoms with Crippen molar-refractivity contribution in [2.24, 2.45) is 5.92 Å². The largest absolute Gasteiger partial charge is 0.347 e. The quantitative estimate of drug-likeness (QED) is 0.941. The van der Waals surface area contributed by atoms with E-state index in [1.165, 1.54) is 17.4 Å². The molecule has 5 rings (SSSR count). The number of amides is 1. The van der Waals surface area contributed by atoms with Gasteiger partial charge in [-0.25, -0.2) is 4.39 Å². The number of rotatable bonds is 3. The van der Waals surface area contributed by atoms with Crippen LogP contribution in [0.25, 0.3) is 10.4 Å². The molecule has 0 saturated carbocycles. The first-order valence-electron chi connectivity index (χ1n) is 7.93. The van der Waals surface area contributed by atoms with E-state index in [-0.39, 0.29) is 16.8 Å². The summed E-state index contributed by atoms with van der Waals surface area (Å²) in [5, 5.41) is 3.05. The van der Waals surface area contributed by atoms with Crippen LogP contribution >= 0.6 is 11.3 Å². The molecule has 1 atom stereocenters. The molecule has 23 heavy (non-hydrogen) atoms. The second-order valence-electron chi connectivity index (χ2n) is 6.25. The summed E-state index contributed by atoms with van der Waals surface area (Å²) in [6, 6.07) is 5.24. The Morgan fingerprint density at radius 1 is 1.39 bits per heavy atom. The number of thiophene rings is 1. The molecule has 120 valence electrons. The van der Waals surface area contributed by atoms with Crippen molar-refractivity contribution < 1.29 is 9.18 Å². The summed E-state index contributed by atoms with van der Waals surface area (Å²) < 4.78 is 14.2. The summed E-state index contributed by atoms with van der Waals surface area (Å²) in [6.45, 7) is 3.13. The Morgan fingerprint density at radius 2 is 2.22 bits per heavy atom. The Balaban J connectivity index is 1.52. The number of halogens is 1. The van der Waals surface area contributed by atoms with Crippen molar-refractivity contribution >= 4 is 17.2 Å². The maximum Gasteiger partial charge on any atom is 0.264 e. The smallest absolute Gasteiger partial charge is 0.264 e. The van der Waals surface area contributed by atoms with Gasteiger partial charge in [-0.1, -0.05) is 6.07 Å². The van der Waals surface area contributed by atoms with E-state index in [2.05, 4.69) is 15.2 Å². The summed E-state index contributed by atoms with van der Waals surface area (Å²) in [6.07, 6.45) is 5.60. The molecule has 0 aromatic carbocycles. The van der Waals surface area contributed by atoms with Gasteiger partial charge in [0.25, 0.3) is 5.91 Å². The molecule has 0 aliphatic carbocycles. The summed E-state index contributed by atoms with van der Waals surface area (Å²) in [5.74, 6) is -0.209. The molecule has 0 spiro atoms. The molecule has 1 N–H and O–H groups in total. The highest BCUT2D eigenvalue weighted by Crippen LogP contribution is 2.31. The van der Waals surface area contributed by atoms with E-state index >= 15 is 0 Å². The number of hydrogen-bond donors (Lipinski definition) is 1. The Hall–Kier alpha value is -1.79. The van der Waals surface area contributed by atoms with Gasteiger partial charge in [-0.2, -0.15) is 0 Å². The predicted molar refractivity (Wildman–Crippen MR) is 87.9 cm³/mol. The van der Waals surface area contributed by atoms with Crippen molar-refractivity contribution in [3.05, 3.63) is 41.3 Å². The topological polar surface area (TPSA) is 45.2 Å². The Labute approximate surface area is 138 Å². The van der Waals surface area contributed by atoms with E-state index in [0.717, 1.165) is 42.9 Å². The summed E-state index contributed by atoms with van der Waals surface area (Å²) in [7, 11) is 0. The molecule has 3 aliphatic heterocycles. The summed E-state index contributed by atoms with van der Waals surface area (Å²) in [5.41, 5.74) is 0.832. The number of pyridine rings is 1. The summed E-state index contributed by atoms with van der Waals surface area (Å²) >= 11 is 1.19. The summed E-state index contributed by atoms with van der Waals surface area (Å²) in [4.78, 5) is 19.8. The molecule has 0 radical (unpaired) electrons. The van der Waals surface area contributed by atoms with E-state index in [4.69, 9.17) is 0 Å². The Morgan fingerprint density at radius 3 is 2.87 bits per heavy atom. The lowest BCUT2D eigenvalue weighted by Gasteiger charge is -2.44. The number of piperidine rings is 3. The third kappa shape index (κ3) is 2.88. The number of aromatic nitrogens is 1. The fourth-order valence-corrected chi connectivity index (χ4v) is 4.47. The molecule has 6 heteroatoms. The van der Waals surface area contributed by atoms with Crippen LogP contribution in [0.3, 0.4) is 0 Å². The fraction of sp³-hybridized carbons (Fsp3) is 0.412. The average molecular weight is 331 g/mol. The van der Waals surface area contributed by atoms with Crippen molar-refractivity contribution in [2.75, 3.05) is 19.6 Å². The minimum Gasteiger partial charge on any atom is -0.347 e. The number of nitrogens with one attached hydrogen (secondary N) is 1. The van der Waals surface area contributed by atoms with E-state index in [1.54, 1.807) is 18.5 Å². The van der Waals surface area contributed by atoms with Crippen molar-refractivity contribution in [1.82, 2.24) is 15.2 Å². The van der Waals surface area contributed by atoms with Crippen molar-refractivity contribution in [3.63, 3.8) is 0 Å². The van der Waals surface area contributed by atoms with Crippen LogP contribution in [-0.4, -0.2) is 41.5 Å². The lowest BCUT2D eigenvalue weighted by Crippen LogP contribution is -2.57. The van der Waals surface area contributed by atoms with Crippen LogP contribution in [0.2, 0.25) is 0 Å². The van der Waals surface area contributed by atoms with Crippen molar-refractivity contribution in [2.45, 2.75) is 18.9 Å². The highest BCUT2D eigenvalue weighted by atomic mass is 32.1. The maximum absolute atomic E-state index is 14.2. The van der Waals surface area contributed by atoms with Crippen LogP contribution in [0.5, 0.6) is 0 Å². The first-order chi connectivity index (χ1) is 11.2. The van der Waals surface area contributed by atoms with Gasteiger partial charge >= 0.3 is 0 Å². The number of hydrogen-bond acceptors (Lipinski definition) is 4. The first-order valence-corrected chi connectivity index (χ1v) is 8.75. The molecule has 3 fully saturated rings. The highest BCUT2D eigenvalue weighted by Gasteiger charge is 2.35. The Bertz CT molecular complexity index is 710. The number of nitrogens with zero attached hydrogens (tertiary/aromatic N) is 2. The third-order valence-electron chi connectivity index (χ3n) is 4.81. The molecule has 1 amide bonds. The van der Waals surface area contributed by atoms with Crippen molar-refractivity contribution in [1.29, 1.82) is 0 Å². The van der Waals surface area contributed by atoms with E-state index in [1.807, 2.05) is 6.07 Å². The van der Waals surface area contributed by atoms with Gasteiger partial charge in [0.15, 0.2) is 0 Å². The van der Waals surface area contributed by atoms with E-state index < -0.39 is 5.82 Å². The number of carbonyl (C=O) groups is 1. The highest BCUT2D eigenvalue weighted by molar-refractivity contribution is 7.17. The van der Waals surface area contributed by atoms with Gasteiger partial charge in [-0.3, -0.25) is 9.78 Å². The Kier molecular flexibility index (Phi) is 3.87. The zero-order valence-corrected chi connectivity index (χ0v) is 13.5. The molecule has 1 unspecified atom stereocenters. The van der Waals surface area contributed by atoms with Crippen LogP contribution < -0.4 is 5.32 Å². The molecule has 2 aromatic rings. The van der Waals surface area contributed by atoms with Gasteiger partial charge in [-0.15, -0.1) is 11.3 Å². The average Bonchev–Trinajstić information content (AvgIpc) is 2.99. The van der Waals surface area contributed by atoms with Gasteiger partial charge < -0.3 is 10.2 Å². The maximum atomic E-state index is 14.2. The van der Waals surface area contributed by atoms with Crippen LogP contribution in [0.1, 0.15) is 22.5 Å². The molecular weight excluding hydrogens is 313 g/mol. The van der Waals surface area contributed by atoms with Crippen molar-refractivity contribution in [3.8, 4) is 10.4 Å². The van der Waals surface area contributed by atoms with Crippen LogP contribution in [0, 0.1) is 11.7 Å². The minimum absolute atomic E-state index is 0.147. The first kappa shape index (κ1) is 14.8. The van der Waals surface area contributed by atoms with Gasteiger partial charge in [0, 0.05) is 35.4 Å². The minimum atomic E-state index is -0.451. The molecule has 5 heterocycles. The van der Waals surface area contributed by atoms with Crippen LogP contribution in [-0.2, 0) is 0 Å². The molecule has 2 aromatic heterocycles. The standard InChI is InChI=1S/C17H18FN3OS/c18-13-8-15(12-2-1-5-19-9-12)23-16(13)17(22)20-14-10-21-6-3-11(14)4-7-21/h1-2,5,8-9,11,14H,3-4,6-7,10H2,(H,20,22). The molecule has 3 saturated heterocycles. The SMILES string of the molecule is O=C(NC1CN2CCC1CC2)c1sc(-c2cccnc2)cc1F. The third-order valence-corrected chi connectivity index (χ3v) is 5.97. The zero-order chi connectivity index (χ0) is 15.8. The lowest BCUT2D eigenvalue weighted by atomic mass is 9.84. The number of fused-ring (bicyclic) bond motifs is 3. The van der Waals surface area contributed by atoms with Gasteiger partial charge in [-0.05, 0) is 44.0 Å². The van der Waals surface area contributed by atoms with Gasteiger partial charge in [0.1, 0.15) is 10.7 Å². The van der Waals surface area contributed by atoms with E-state index in [0.29, 0.717) is 5.92 Å². The number of carbonyl (C=O) groups excluding carboxylic acids is 1. The molecular formula is C17H18FN3OS. The fourth-order valence-electron chi connectivity index (χ4n) is 3.54. The molecule has 3 aliphatic rings. The van der Waals surface area contributed by atoms with Gasteiger partial charge in [0.2, 0.25) is 0 Å². The predicted octanol–water partition coefficient (Wildman–Crippen LogP) is 2.77. The lowest BCUT2D eigenvalue weighted by molar-refractivity contribution is 0.0621. The normalized spacial score (nSPS) is 26.2. The van der Waals surface area contributed by atoms with Crippen LogP contribution in [0.15, 0.2) is 30.6 Å². The van der Waals surface area contributed by atoms with Gasteiger partial charge in [0.05, 0.1) is 0 Å². The second-order valence-corrected chi connectivity index (χ2v) is 7.30. The monoisotopic (exact) mass is 331 g/mol. The molecule has 4 nitrogen and oxygen atoms in total. The van der Waals surface area contributed by atoms with E-state index in [9.17, 15) is 9.18 Å². The van der Waals surface area contributed by atoms with Crippen LogP contribution in [0.4, 0.5) is 4.39 Å². The molecule has 2 bridgehead atoms. The second kappa shape index (κ2) is 6.02. The zero-order valence-electron chi connectivity index (χ0n) is 12.7.